The number of nitrogens with zero attached hydrogens (tertiary/aromatic N) is 2. The number of rotatable bonds is 1. The van der Waals surface area contributed by atoms with Gasteiger partial charge < -0.3 is 0 Å². The summed E-state index contributed by atoms with van der Waals surface area (Å²) in [6, 6.07) is 3.94. The third-order valence-corrected chi connectivity index (χ3v) is 2.56. The van der Waals surface area contributed by atoms with Crippen LogP contribution in [0.15, 0.2) is 29.9 Å². The molecule has 2 heterocycles. The molecule has 12 heavy (non-hydrogen) atoms. The minimum atomic E-state index is 1.06. The van der Waals surface area contributed by atoms with Gasteiger partial charge in [-0.05, 0) is 19.1 Å². The van der Waals surface area contributed by atoms with Crippen LogP contribution in [0.2, 0.25) is 0 Å². The van der Waals surface area contributed by atoms with Crippen LogP contribution in [-0.4, -0.2) is 9.97 Å². The molecule has 0 amide bonds. The van der Waals surface area contributed by atoms with Crippen molar-refractivity contribution in [1.82, 2.24) is 9.97 Å². The molecule has 0 N–H and O–H groups in total. The molecular formula is C9H8N2S. The van der Waals surface area contributed by atoms with Gasteiger partial charge in [0.25, 0.3) is 0 Å². The Balaban J connectivity index is 2.45. The van der Waals surface area contributed by atoms with E-state index in [-0.39, 0.29) is 0 Å². The zero-order valence-electron chi connectivity index (χ0n) is 6.69. The fourth-order valence-electron chi connectivity index (χ4n) is 0.981. The van der Waals surface area contributed by atoms with Crippen molar-refractivity contribution >= 4 is 11.3 Å². The van der Waals surface area contributed by atoms with Gasteiger partial charge in [-0.1, -0.05) is 0 Å². The lowest BCUT2D eigenvalue weighted by Crippen LogP contribution is -1.76. The molecule has 0 radical (unpaired) electrons. The summed E-state index contributed by atoms with van der Waals surface area (Å²) in [5.74, 6) is 0. The lowest BCUT2D eigenvalue weighted by molar-refractivity contribution is 1.26. The van der Waals surface area contributed by atoms with Gasteiger partial charge in [0.1, 0.15) is 5.01 Å². The van der Waals surface area contributed by atoms with Crippen LogP contribution in [0.5, 0.6) is 0 Å². The Bertz CT molecular complexity index is 367. The van der Waals surface area contributed by atoms with Crippen molar-refractivity contribution in [3.05, 3.63) is 35.6 Å². The fraction of sp³-hybridized carbons (Fsp3) is 0.111. The molecule has 0 saturated carbocycles. The van der Waals surface area contributed by atoms with Crippen molar-refractivity contribution in [1.29, 1.82) is 0 Å². The highest BCUT2D eigenvalue weighted by molar-refractivity contribution is 7.13. The first-order valence-corrected chi connectivity index (χ1v) is 4.57. The predicted octanol–water partition coefficient (Wildman–Crippen LogP) is 2.51. The number of hydrogen-bond donors (Lipinski definition) is 0. The largest absolute Gasteiger partial charge is 0.265 e. The summed E-state index contributed by atoms with van der Waals surface area (Å²) in [5, 5.41) is 3.12. The Kier molecular flexibility index (Phi) is 1.87. The van der Waals surface area contributed by atoms with Crippen LogP contribution in [0.25, 0.3) is 10.6 Å². The van der Waals surface area contributed by atoms with E-state index in [1.807, 2.05) is 19.1 Å². The molecule has 3 heteroatoms. The maximum absolute atomic E-state index is 4.37. The highest BCUT2D eigenvalue weighted by atomic mass is 32.1. The van der Waals surface area contributed by atoms with Crippen LogP contribution in [0.3, 0.4) is 0 Å². The second-order valence-electron chi connectivity index (χ2n) is 2.53. The Morgan fingerprint density at radius 2 is 2.00 bits per heavy atom. The van der Waals surface area contributed by atoms with Crippen LogP contribution in [0.1, 0.15) is 5.69 Å². The summed E-state index contributed by atoms with van der Waals surface area (Å²) in [6.07, 6.45) is 3.57. The average Bonchev–Trinajstić information content (AvgIpc) is 2.54. The molecule has 2 rings (SSSR count). The van der Waals surface area contributed by atoms with Crippen LogP contribution in [-0.2, 0) is 0 Å². The Hall–Kier alpha value is -1.22. The van der Waals surface area contributed by atoms with E-state index in [0.717, 1.165) is 16.3 Å². The Morgan fingerprint density at radius 3 is 2.58 bits per heavy atom. The molecular weight excluding hydrogens is 168 g/mol. The lowest BCUT2D eigenvalue weighted by atomic mass is 10.3. The molecule has 0 aliphatic rings. The maximum Gasteiger partial charge on any atom is 0.123 e. The molecule has 0 aliphatic heterocycles. The summed E-state index contributed by atoms with van der Waals surface area (Å²) in [4.78, 5) is 8.33. The van der Waals surface area contributed by atoms with Crippen molar-refractivity contribution < 1.29 is 0 Å². The van der Waals surface area contributed by atoms with Gasteiger partial charge in [-0.25, -0.2) is 4.98 Å². The second-order valence-corrected chi connectivity index (χ2v) is 3.39. The molecule has 2 aromatic heterocycles. The summed E-state index contributed by atoms with van der Waals surface area (Å²) in [6.45, 7) is 2.00. The third kappa shape index (κ3) is 1.36. The zero-order chi connectivity index (χ0) is 8.39. The van der Waals surface area contributed by atoms with Gasteiger partial charge in [-0.2, -0.15) is 0 Å². The minimum Gasteiger partial charge on any atom is -0.265 e. The summed E-state index contributed by atoms with van der Waals surface area (Å²) >= 11 is 1.66. The van der Waals surface area contributed by atoms with E-state index in [4.69, 9.17) is 0 Å². The first-order valence-electron chi connectivity index (χ1n) is 3.69. The molecule has 0 aliphatic carbocycles. The minimum absolute atomic E-state index is 1.06. The van der Waals surface area contributed by atoms with Crippen molar-refractivity contribution in [2.45, 2.75) is 6.92 Å². The van der Waals surface area contributed by atoms with Crippen molar-refractivity contribution in [3.8, 4) is 10.6 Å². The van der Waals surface area contributed by atoms with E-state index in [1.54, 1.807) is 23.7 Å². The highest BCUT2D eigenvalue weighted by Crippen LogP contribution is 2.21. The van der Waals surface area contributed by atoms with Crippen molar-refractivity contribution in [3.63, 3.8) is 0 Å². The molecule has 0 saturated heterocycles. The van der Waals surface area contributed by atoms with Gasteiger partial charge >= 0.3 is 0 Å². The number of pyridine rings is 1. The molecule has 0 unspecified atom stereocenters. The van der Waals surface area contributed by atoms with Gasteiger partial charge in [-0.3, -0.25) is 4.98 Å². The van der Waals surface area contributed by atoms with Crippen LogP contribution < -0.4 is 0 Å². The van der Waals surface area contributed by atoms with E-state index in [9.17, 15) is 0 Å². The number of aryl methyl sites for hydroxylation is 1. The van der Waals surface area contributed by atoms with Crippen LogP contribution in [0, 0.1) is 6.92 Å². The fourth-order valence-corrected chi connectivity index (χ4v) is 1.78. The van der Waals surface area contributed by atoms with E-state index in [2.05, 4.69) is 15.3 Å². The lowest BCUT2D eigenvalue weighted by Gasteiger charge is -1.91. The summed E-state index contributed by atoms with van der Waals surface area (Å²) in [7, 11) is 0. The molecule has 2 aromatic rings. The summed E-state index contributed by atoms with van der Waals surface area (Å²) < 4.78 is 0. The Labute approximate surface area is 74.9 Å². The molecule has 0 bridgehead atoms. The molecule has 0 spiro atoms. The van der Waals surface area contributed by atoms with Gasteiger partial charge in [0.15, 0.2) is 0 Å². The van der Waals surface area contributed by atoms with E-state index in [0.29, 0.717) is 0 Å². The molecule has 0 atom stereocenters. The monoisotopic (exact) mass is 176 g/mol. The average molecular weight is 176 g/mol. The molecule has 2 nitrogen and oxygen atoms in total. The maximum atomic E-state index is 4.37. The van der Waals surface area contributed by atoms with E-state index in [1.165, 1.54) is 0 Å². The molecule has 0 fully saturated rings. The SMILES string of the molecule is Cc1csc(-c2ccncc2)n1. The number of thiazole rings is 1. The van der Waals surface area contributed by atoms with Gasteiger partial charge in [0, 0.05) is 29.0 Å². The standard InChI is InChI=1S/C9H8N2S/c1-7-6-12-9(11-7)8-2-4-10-5-3-8/h2-6H,1H3. The van der Waals surface area contributed by atoms with Crippen molar-refractivity contribution in [2.75, 3.05) is 0 Å². The summed E-state index contributed by atoms with van der Waals surface area (Å²) in [5.41, 5.74) is 2.22. The number of hydrogen-bond acceptors (Lipinski definition) is 3. The van der Waals surface area contributed by atoms with E-state index >= 15 is 0 Å². The Morgan fingerprint density at radius 1 is 1.25 bits per heavy atom. The van der Waals surface area contributed by atoms with Crippen LogP contribution >= 0.6 is 11.3 Å². The van der Waals surface area contributed by atoms with Crippen LogP contribution in [0.4, 0.5) is 0 Å². The van der Waals surface area contributed by atoms with Crippen molar-refractivity contribution in [2.24, 2.45) is 0 Å². The third-order valence-electron chi connectivity index (χ3n) is 1.55. The molecule has 60 valence electrons. The first kappa shape index (κ1) is 7.43. The second kappa shape index (κ2) is 3.03. The topological polar surface area (TPSA) is 25.8 Å². The predicted molar refractivity (Wildman–Crippen MR) is 50.1 cm³/mol. The first-order chi connectivity index (χ1) is 5.86. The smallest absolute Gasteiger partial charge is 0.123 e. The van der Waals surface area contributed by atoms with Gasteiger partial charge in [0.05, 0.1) is 0 Å². The highest BCUT2D eigenvalue weighted by Gasteiger charge is 1.99. The molecule has 0 aromatic carbocycles. The quantitative estimate of drug-likeness (QED) is 0.667. The van der Waals surface area contributed by atoms with Gasteiger partial charge in [-0.15, -0.1) is 11.3 Å². The van der Waals surface area contributed by atoms with E-state index < -0.39 is 0 Å². The van der Waals surface area contributed by atoms with Gasteiger partial charge in [0.2, 0.25) is 0 Å². The number of aromatic nitrogens is 2. The zero-order valence-corrected chi connectivity index (χ0v) is 7.51. The normalized spacial score (nSPS) is 10.1.